The molecule has 0 saturated heterocycles. The Morgan fingerprint density at radius 3 is 2.35 bits per heavy atom. The molecule has 0 fully saturated rings. The zero-order valence-corrected chi connectivity index (χ0v) is 11.4. The van der Waals surface area contributed by atoms with Crippen molar-refractivity contribution < 1.29 is 19.4 Å². The molecule has 0 amide bonds. The van der Waals surface area contributed by atoms with E-state index in [-0.39, 0.29) is 6.42 Å². The molecule has 104 valence electrons. The summed E-state index contributed by atoms with van der Waals surface area (Å²) in [7, 11) is 3.17. The molecule has 0 atom stereocenters. The second-order valence-corrected chi connectivity index (χ2v) is 4.34. The molecule has 2 aromatic carbocycles. The van der Waals surface area contributed by atoms with E-state index in [1.807, 2.05) is 36.4 Å². The number of aliphatic carboxylic acids is 1. The van der Waals surface area contributed by atoms with E-state index in [2.05, 4.69) is 0 Å². The molecule has 4 heteroatoms. The minimum atomic E-state index is -0.838. The first kappa shape index (κ1) is 13.9. The van der Waals surface area contributed by atoms with E-state index in [1.54, 1.807) is 20.3 Å². The zero-order valence-electron chi connectivity index (χ0n) is 11.4. The van der Waals surface area contributed by atoms with Crippen LogP contribution >= 0.6 is 0 Å². The topological polar surface area (TPSA) is 55.8 Å². The molecule has 0 aliphatic rings. The summed E-state index contributed by atoms with van der Waals surface area (Å²) in [5.74, 6) is 0.473. The molecule has 0 heterocycles. The van der Waals surface area contributed by atoms with Crippen molar-refractivity contribution in [2.45, 2.75) is 6.42 Å². The second kappa shape index (κ2) is 6.10. The molecule has 0 aliphatic heterocycles. The SMILES string of the molecule is COc1ccc(-c2cccc(CC(=O)O)c2)cc1OC. The summed E-state index contributed by atoms with van der Waals surface area (Å²) < 4.78 is 10.5. The Morgan fingerprint density at radius 2 is 1.70 bits per heavy atom. The van der Waals surface area contributed by atoms with Crippen molar-refractivity contribution in [3.8, 4) is 22.6 Å². The van der Waals surface area contributed by atoms with E-state index in [0.717, 1.165) is 16.7 Å². The zero-order chi connectivity index (χ0) is 14.5. The van der Waals surface area contributed by atoms with Crippen molar-refractivity contribution in [3.63, 3.8) is 0 Å². The van der Waals surface area contributed by atoms with Gasteiger partial charge in [0, 0.05) is 0 Å². The predicted molar refractivity (Wildman–Crippen MR) is 76.3 cm³/mol. The summed E-state index contributed by atoms with van der Waals surface area (Å²) in [6.07, 6.45) is 0.0150. The summed E-state index contributed by atoms with van der Waals surface area (Å²) in [4.78, 5) is 10.8. The number of hydrogen-bond donors (Lipinski definition) is 1. The smallest absolute Gasteiger partial charge is 0.307 e. The van der Waals surface area contributed by atoms with E-state index in [0.29, 0.717) is 11.5 Å². The maximum absolute atomic E-state index is 10.8. The Morgan fingerprint density at radius 1 is 1.00 bits per heavy atom. The summed E-state index contributed by atoms with van der Waals surface area (Å²) in [5.41, 5.74) is 2.67. The summed E-state index contributed by atoms with van der Waals surface area (Å²) in [6, 6.07) is 13.1. The molecule has 4 nitrogen and oxygen atoms in total. The molecular formula is C16H16O4. The average molecular weight is 272 g/mol. The molecule has 2 aromatic rings. The standard InChI is InChI=1S/C16H16O4/c1-19-14-7-6-13(10-15(14)20-2)12-5-3-4-11(8-12)9-16(17)18/h3-8,10H,9H2,1-2H3,(H,17,18). The normalized spacial score (nSPS) is 10.1. The van der Waals surface area contributed by atoms with Crippen LogP contribution in [0.2, 0.25) is 0 Å². The highest BCUT2D eigenvalue weighted by Crippen LogP contribution is 2.32. The first-order chi connectivity index (χ1) is 9.63. The van der Waals surface area contributed by atoms with Crippen LogP contribution in [0.4, 0.5) is 0 Å². The third kappa shape index (κ3) is 3.09. The maximum atomic E-state index is 10.8. The lowest BCUT2D eigenvalue weighted by Crippen LogP contribution is -1.99. The van der Waals surface area contributed by atoms with Crippen molar-refractivity contribution in [2.75, 3.05) is 14.2 Å². The van der Waals surface area contributed by atoms with Gasteiger partial charge in [0.25, 0.3) is 0 Å². The molecule has 0 spiro atoms. The second-order valence-electron chi connectivity index (χ2n) is 4.34. The lowest BCUT2D eigenvalue weighted by Gasteiger charge is -2.10. The molecule has 0 unspecified atom stereocenters. The van der Waals surface area contributed by atoms with Gasteiger partial charge in [-0.25, -0.2) is 0 Å². The van der Waals surface area contributed by atoms with Gasteiger partial charge in [-0.3, -0.25) is 4.79 Å². The van der Waals surface area contributed by atoms with E-state index >= 15 is 0 Å². The first-order valence-electron chi connectivity index (χ1n) is 6.17. The molecule has 0 bridgehead atoms. The first-order valence-corrected chi connectivity index (χ1v) is 6.17. The Hall–Kier alpha value is -2.49. The highest BCUT2D eigenvalue weighted by Gasteiger charge is 2.07. The van der Waals surface area contributed by atoms with Gasteiger partial charge in [-0.15, -0.1) is 0 Å². The molecule has 0 aliphatic carbocycles. The Bertz CT molecular complexity index is 620. The summed E-state index contributed by atoms with van der Waals surface area (Å²) in [6.45, 7) is 0. The van der Waals surface area contributed by atoms with Crippen LogP contribution in [0.1, 0.15) is 5.56 Å². The number of carboxylic acid groups (broad SMARTS) is 1. The monoisotopic (exact) mass is 272 g/mol. The van der Waals surface area contributed by atoms with Gasteiger partial charge in [-0.05, 0) is 28.8 Å². The minimum Gasteiger partial charge on any atom is -0.493 e. The number of carbonyl (C=O) groups is 1. The minimum absolute atomic E-state index is 0.0150. The number of methoxy groups -OCH3 is 2. The van der Waals surface area contributed by atoms with Crippen molar-refractivity contribution in [3.05, 3.63) is 48.0 Å². The van der Waals surface area contributed by atoms with Crippen LogP contribution in [0.25, 0.3) is 11.1 Å². The van der Waals surface area contributed by atoms with Gasteiger partial charge in [-0.1, -0.05) is 30.3 Å². The Kier molecular flexibility index (Phi) is 4.25. The molecule has 2 rings (SSSR count). The maximum Gasteiger partial charge on any atom is 0.307 e. The number of carboxylic acids is 1. The quantitative estimate of drug-likeness (QED) is 0.909. The third-order valence-corrected chi connectivity index (χ3v) is 3.00. The van der Waals surface area contributed by atoms with E-state index < -0.39 is 5.97 Å². The fourth-order valence-corrected chi connectivity index (χ4v) is 2.05. The fourth-order valence-electron chi connectivity index (χ4n) is 2.05. The van der Waals surface area contributed by atoms with Gasteiger partial charge in [0.05, 0.1) is 20.6 Å². The molecular weight excluding hydrogens is 256 g/mol. The van der Waals surface area contributed by atoms with Crippen LogP contribution in [-0.4, -0.2) is 25.3 Å². The van der Waals surface area contributed by atoms with E-state index in [9.17, 15) is 4.79 Å². The van der Waals surface area contributed by atoms with Crippen molar-refractivity contribution in [1.29, 1.82) is 0 Å². The average Bonchev–Trinajstić information content (AvgIpc) is 2.46. The number of rotatable bonds is 5. The predicted octanol–water partition coefficient (Wildman–Crippen LogP) is 3.00. The van der Waals surface area contributed by atoms with Crippen LogP contribution in [0.15, 0.2) is 42.5 Å². The number of benzene rings is 2. The van der Waals surface area contributed by atoms with E-state index in [1.165, 1.54) is 0 Å². The number of hydrogen-bond acceptors (Lipinski definition) is 3. The van der Waals surface area contributed by atoms with Gasteiger partial charge in [-0.2, -0.15) is 0 Å². The van der Waals surface area contributed by atoms with Gasteiger partial charge >= 0.3 is 5.97 Å². The highest BCUT2D eigenvalue weighted by atomic mass is 16.5. The van der Waals surface area contributed by atoms with Crippen molar-refractivity contribution >= 4 is 5.97 Å². The lowest BCUT2D eigenvalue weighted by atomic mass is 10.0. The van der Waals surface area contributed by atoms with Crippen LogP contribution in [0.5, 0.6) is 11.5 Å². The van der Waals surface area contributed by atoms with Gasteiger partial charge in [0.2, 0.25) is 0 Å². The van der Waals surface area contributed by atoms with Crippen molar-refractivity contribution in [1.82, 2.24) is 0 Å². The molecule has 20 heavy (non-hydrogen) atoms. The molecule has 1 N–H and O–H groups in total. The Labute approximate surface area is 117 Å². The Balaban J connectivity index is 2.38. The molecule has 0 saturated carbocycles. The summed E-state index contributed by atoms with van der Waals surface area (Å²) >= 11 is 0. The van der Waals surface area contributed by atoms with Gasteiger partial charge in [0.1, 0.15) is 0 Å². The fraction of sp³-hybridized carbons (Fsp3) is 0.188. The highest BCUT2D eigenvalue weighted by molar-refractivity contribution is 5.73. The van der Waals surface area contributed by atoms with Gasteiger partial charge in [0.15, 0.2) is 11.5 Å². The van der Waals surface area contributed by atoms with Crippen LogP contribution in [-0.2, 0) is 11.2 Å². The molecule has 0 aromatic heterocycles. The van der Waals surface area contributed by atoms with Crippen LogP contribution in [0.3, 0.4) is 0 Å². The van der Waals surface area contributed by atoms with E-state index in [4.69, 9.17) is 14.6 Å². The molecule has 0 radical (unpaired) electrons. The van der Waals surface area contributed by atoms with Crippen molar-refractivity contribution in [2.24, 2.45) is 0 Å². The third-order valence-electron chi connectivity index (χ3n) is 3.00. The van der Waals surface area contributed by atoms with Gasteiger partial charge < -0.3 is 14.6 Å². The summed E-state index contributed by atoms with van der Waals surface area (Å²) in [5, 5.41) is 8.84. The lowest BCUT2D eigenvalue weighted by molar-refractivity contribution is -0.136. The van der Waals surface area contributed by atoms with Crippen LogP contribution < -0.4 is 9.47 Å². The largest absolute Gasteiger partial charge is 0.493 e. The van der Waals surface area contributed by atoms with Crippen LogP contribution in [0, 0.1) is 0 Å². The number of ether oxygens (including phenoxy) is 2.